The largest absolute Gasteiger partial charge is 0.481 e. The van der Waals surface area contributed by atoms with E-state index in [1.807, 2.05) is 45.0 Å². The normalized spacial score (nSPS) is 14.1. The molecule has 1 aliphatic rings. The maximum atomic E-state index is 12.7. The van der Waals surface area contributed by atoms with Crippen LogP contribution >= 0.6 is 0 Å². The van der Waals surface area contributed by atoms with E-state index in [-0.39, 0.29) is 43.2 Å². The quantitative estimate of drug-likeness (QED) is 0.392. The summed E-state index contributed by atoms with van der Waals surface area (Å²) in [6.45, 7) is 6.00. The molecule has 0 heterocycles. The van der Waals surface area contributed by atoms with Crippen LogP contribution in [0.4, 0.5) is 4.79 Å². The zero-order valence-corrected chi connectivity index (χ0v) is 20.8. The number of alkyl carbamates (subject to hydrolysis) is 1. The number of hydrogen-bond acceptors (Lipinski definition) is 4. The van der Waals surface area contributed by atoms with Crippen LogP contribution in [0.3, 0.4) is 0 Å². The molecular formula is C28H36N2O5. The third-order valence-corrected chi connectivity index (χ3v) is 6.55. The van der Waals surface area contributed by atoms with Gasteiger partial charge in [0.2, 0.25) is 5.91 Å². The molecule has 0 saturated heterocycles. The minimum absolute atomic E-state index is 0.0146. The van der Waals surface area contributed by atoms with Gasteiger partial charge < -0.3 is 20.5 Å². The summed E-state index contributed by atoms with van der Waals surface area (Å²) in [4.78, 5) is 36.5. The Balaban J connectivity index is 1.60. The summed E-state index contributed by atoms with van der Waals surface area (Å²) >= 11 is 0. The minimum Gasteiger partial charge on any atom is -0.481 e. The number of unbranched alkanes of at least 4 members (excludes halogenated alkanes) is 1. The summed E-state index contributed by atoms with van der Waals surface area (Å²) in [5.74, 6) is -1.28. The fourth-order valence-corrected chi connectivity index (χ4v) is 4.61. The number of hydrogen-bond donors (Lipinski definition) is 3. The third kappa shape index (κ3) is 7.07. The Kier molecular flexibility index (Phi) is 9.29. The SMILES string of the molecule is CCCCC(CC(=O)N[C@H](CC(=O)O)C(C)C)NC(=O)OCC1c2ccccc2-c2ccccc21. The van der Waals surface area contributed by atoms with Crippen molar-refractivity contribution in [2.24, 2.45) is 5.92 Å². The number of carbonyl (C=O) groups is 3. The fourth-order valence-electron chi connectivity index (χ4n) is 4.61. The van der Waals surface area contributed by atoms with Crippen LogP contribution in [0.2, 0.25) is 0 Å². The van der Waals surface area contributed by atoms with Crippen LogP contribution in [0.15, 0.2) is 48.5 Å². The Labute approximate surface area is 207 Å². The van der Waals surface area contributed by atoms with Gasteiger partial charge in [0.05, 0.1) is 6.42 Å². The zero-order chi connectivity index (χ0) is 25.4. The number of carboxylic acid groups (broad SMARTS) is 1. The van der Waals surface area contributed by atoms with Gasteiger partial charge >= 0.3 is 12.1 Å². The van der Waals surface area contributed by atoms with E-state index in [0.29, 0.717) is 6.42 Å². The second kappa shape index (κ2) is 12.4. The average Bonchev–Trinajstić information content (AvgIpc) is 3.14. The smallest absolute Gasteiger partial charge is 0.407 e. The van der Waals surface area contributed by atoms with E-state index in [4.69, 9.17) is 9.84 Å². The van der Waals surface area contributed by atoms with E-state index in [9.17, 15) is 14.4 Å². The number of rotatable bonds is 12. The van der Waals surface area contributed by atoms with E-state index in [2.05, 4.69) is 34.9 Å². The molecule has 0 aromatic heterocycles. The highest BCUT2D eigenvalue weighted by Crippen LogP contribution is 2.44. The topological polar surface area (TPSA) is 105 Å². The van der Waals surface area contributed by atoms with Crippen LogP contribution < -0.4 is 10.6 Å². The number of carboxylic acids is 1. The summed E-state index contributed by atoms with van der Waals surface area (Å²) in [7, 11) is 0. The number of fused-ring (bicyclic) bond motifs is 3. The molecule has 0 radical (unpaired) electrons. The minimum atomic E-state index is -0.955. The van der Waals surface area contributed by atoms with Crippen molar-refractivity contribution in [1.82, 2.24) is 10.6 Å². The summed E-state index contributed by atoms with van der Waals surface area (Å²) in [5.41, 5.74) is 4.61. The summed E-state index contributed by atoms with van der Waals surface area (Å²) in [5, 5.41) is 14.8. The maximum absolute atomic E-state index is 12.7. The molecule has 0 saturated carbocycles. The van der Waals surface area contributed by atoms with Crippen molar-refractivity contribution in [2.45, 2.75) is 70.9 Å². The molecule has 1 aliphatic carbocycles. The van der Waals surface area contributed by atoms with E-state index < -0.39 is 18.1 Å². The van der Waals surface area contributed by atoms with Gasteiger partial charge in [-0.1, -0.05) is 82.1 Å². The fraction of sp³-hybridized carbons (Fsp3) is 0.464. The maximum Gasteiger partial charge on any atom is 0.407 e. The molecule has 2 aromatic rings. The van der Waals surface area contributed by atoms with E-state index in [0.717, 1.165) is 35.1 Å². The van der Waals surface area contributed by atoms with Crippen LogP contribution in [-0.2, 0) is 14.3 Å². The first kappa shape index (κ1) is 26.3. The van der Waals surface area contributed by atoms with Gasteiger partial charge in [-0.25, -0.2) is 4.79 Å². The standard InChI is InChI=1S/C28H36N2O5/c1-4-5-10-19(15-26(31)30-25(18(2)3)16-27(32)33)29-28(34)35-17-24-22-13-8-6-11-20(22)21-12-7-9-14-23(21)24/h6-9,11-14,18-19,24-25H,4-5,10,15-17H2,1-3H3,(H,29,34)(H,30,31)(H,32,33)/t19?,25-/m1/s1. The van der Waals surface area contributed by atoms with Crippen LogP contribution in [0.5, 0.6) is 0 Å². The van der Waals surface area contributed by atoms with Crippen molar-refractivity contribution in [3.8, 4) is 11.1 Å². The van der Waals surface area contributed by atoms with Gasteiger partial charge in [-0.15, -0.1) is 0 Å². The van der Waals surface area contributed by atoms with E-state index >= 15 is 0 Å². The first-order valence-corrected chi connectivity index (χ1v) is 12.4. The van der Waals surface area contributed by atoms with Crippen molar-refractivity contribution in [3.05, 3.63) is 59.7 Å². The molecule has 7 nitrogen and oxygen atoms in total. The first-order chi connectivity index (χ1) is 16.8. The van der Waals surface area contributed by atoms with Gasteiger partial charge in [-0.05, 0) is 34.6 Å². The van der Waals surface area contributed by atoms with Gasteiger partial charge in [-0.2, -0.15) is 0 Å². The van der Waals surface area contributed by atoms with Crippen molar-refractivity contribution in [1.29, 1.82) is 0 Å². The molecule has 2 atom stereocenters. The second-order valence-electron chi connectivity index (χ2n) is 9.53. The van der Waals surface area contributed by atoms with Crippen molar-refractivity contribution < 1.29 is 24.2 Å². The summed E-state index contributed by atoms with van der Waals surface area (Å²) in [6, 6.07) is 15.5. The van der Waals surface area contributed by atoms with Crippen LogP contribution in [-0.4, -0.2) is 41.8 Å². The number of nitrogens with one attached hydrogen (secondary N) is 2. The molecule has 0 aliphatic heterocycles. The zero-order valence-electron chi connectivity index (χ0n) is 20.8. The Morgan fingerprint density at radius 1 is 0.943 bits per heavy atom. The van der Waals surface area contributed by atoms with Crippen molar-refractivity contribution in [3.63, 3.8) is 0 Å². The van der Waals surface area contributed by atoms with E-state index in [1.54, 1.807) is 0 Å². The second-order valence-corrected chi connectivity index (χ2v) is 9.53. The molecule has 0 spiro atoms. The van der Waals surface area contributed by atoms with E-state index in [1.165, 1.54) is 0 Å². The van der Waals surface area contributed by atoms with Crippen LogP contribution in [0.25, 0.3) is 11.1 Å². The Morgan fingerprint density at radius 3 is 2.09 bits per heavy atom. The molecule has 188 valence electrons. The molecule has 3 rings (SSSR count). The predicted molar refractivity (Wildman–Crippen MR) is 135 cm³/mol. The molecule has 7 heteroatoms. The number of carbonyl (C=O) groups excluding carboxylic acids is 2. The van der Waals surface area contributed by atoms with Gasteiger partial charge in [0, 0.05) is 24.4 Å². The summed E-state index contributed by atoms with van der Waals surface area (Å²) in [6.07, 6.45) is 1.81. The van der Waals surface area contributed by atoms with Crippen molar-refractivity contribution >= 4 is 18.0 Å². The van der Waals surface area contributed by atoms with Crippen LogP contribution in [0.1, 0.15) is 69.9 Å². The molecular weight excluding hydrogens is 444 g/mol. The van der Waals surface area contributed by atoms with Gasteiger partial charge in [0.15, 0.2) is 0 Å². The first-order valence-electron chi connectivity index (χ1n) is 12.4. The average molecular weight is 481 g/mol. The third-order valence-electron chi connectivity index (χ3n) is 6.55. The highest BCUT2D eigenvalue weighted by Gasteiger charge is 2.29. The molecule has 2 amide bonds. The monoisotopic (exact) mass is 480 g/mol. The molecule has 3 N–H and O–H groups in total. The molecule has 35 heavy (non-hydrogen) atoms. The molecule has 1 unspecified atom stereocenters. The number of ether oxygens (including phenoxy) is 1. The van der Waals surface area contributed by atoms with Gasteiger partial charge in [0.1, 0.15) is 6.61 Å². The van der Waals surface area contributed by atoms with Crippen LogP contribution in [0, 0.1) is 5.92 Å². The van der Waals surface area contributed by atoms with Gasteiger partial charge in [-0.3, -0.25) is 9.59 Å². The Bertz CT molecular complexity index is 990. The lowest BCUT2D eigenvalue weighted by atomic mass is 9.98. The molecule has 2 aromatic carbocycles. The Morgan fingerprint density at radius 2 is 1.54 bits per heavy atom. The lowest BCUT2D eigenvalue weighted by molar-refractivity contribution is -0.138. The molecule has 0 fully saturated rings. The summed E-state index contributed by atoms with van der Waals surface area (Å²) < 4.78 is 5.64. The number of benzene rings is 2. The number of amides is 2. The lowest BCUT2D eigenvalue weighted by Gasteiger charge is -2.23. The predicted octanol–water partition coefficient (Wildman–Crippen LogP) is 5.09. The molecule has 0 bridgehead atoms. The van der Waals surface area contributed by atoms with Gasteiger partial charge in [0.25, 0.3) is 0 Å². The van der Waals surface area contributed by atoms with Crippen molar-refractivity contribution in [2.75, 3.05) is 6.61 Å². The highest BCUT2D eigenvalue weighted by atomic mass is 16.5. The number of aliphatic carboxylic acids is 1. The Hall–Kier alpha value is -3.35. The highest BCUT2D eigenvalue weighted by molar-refractivity contribution is 5.80. The lowest BCUT2D eigenvalue weighted by Crippen LogP contribution is -2.44.